The van der Waals surface area contributed by atoms with E-state index in [1.165, 1.54) is 12.8 Å². The fraction of sp³-hybridized carbons (Fsp3) is 0.929. The highest BCUT2D eigenvalue weighted by Gasteiger charge is 2.65. The molecule has 0 amide bonds. The van der Waals surface area contributed by atoms with Gasteiger partial charge in [-0.25, -0.2) is 0 Å². The number of ketones is 1. The molecule has 2 aliphatic heterocycles. The normalized spacial score (nSPS) is 42.5. The lowest BCUT2D eigenvalue weighted by atomic mass is 9.97. The van der Waals surface area contributed by atoms with Crippen molar-refractivity contribution in [3.8, 4) is 0 Å². The number of carbonyl (C=O) groups is 1. The highest BCUT2D eigenvalue weighted by atomic mass is 16.1. The summed E-state index contributed by atoms with van der Waals surface area (Å²) >= 11 is 0. The third-order valence-electron chi connectivity index (χ3n) is 4.77. The number of hydrogen-bond donors (Lipinski definition) is 0. The van der Waals surface area contributed by atoms with E-state index in [2.05, 4.69) is 37.5 Å². The van der Waals surface area contributed by atoms with E-state index >= 15 is 0 Å². The molecule has 3 heteroatoms. The van der Waals surface area contributed by atoms with E-state index in [9.17, 15) is 4.79 Å². The second-order valence-electron chi connectivity index (χ2n) is 7.40. The summed E-state index contributed by atoms with van der Waals surface area (Å²) in [6, 6.07) is 1.47. The maximum atomic E-state index is 11.0. The second-order valence-corrected chi connectivity index (χ2v) is 7.40. The zero-order valence-electron chi connectivity index (χ0n) is 11.5. The molecule has 0 bridgehead atoms. The molecule has 2 saturated heterocycles. The van der Waals surface area contributed by atoms with Gasteiger partial charge in [-0.2, -0.15) is 0 Å². The third kappa shape index (κ3) is 1.75. The molecule has 0 aromatic rings. The van der Waals surface area contributed by atoms with Crippen LogP contribution in [0.25, 0.3) is 0 Å². The Hall–Kier alpha value is -0.410. The summed E-state index contributed by atoms with van der Waals surface area (Å²) in [6.07, 6.45) is 2.67. The number of Topliss-reactive ketones (excluding diaryl/α,β-unsaturated/α-hetero) is 1. The molecular formula is C14H24N2O. The molecule has 0 N–H and O–H groups in total. The summed E-state index contributed by atoms with van der Waals surface area (Å²) in [5.74, 6) is 0.414. The molecule has 0 radical (unpaired) electrons. The van der Waals surface area contributed by atoms with Crippen LogP contribution in [0.15, 0.2) is 0 Å². The minimum atomic E-state index is 0.285. The van der Waals surface area contributed by atoms with E-state index < -0.39 is 0 Å². The van der Waals surface area contributed by atoms with Crippen LogP contribution in [0.2, 0.25) is 0 Å². The van der Waals surface area contributed by atoms with Gasteiger partial charge >= 0.3 is 0 Å². The summed E-state index contributed by atoms with van der Waals surface area (Å²) < 4.78 is 0. The number of rotatable bonds is 2. The third-order valence-corrected chi connectivity index (χ3v) is 4.77. The molecule has 1 aliphatic carbocycles. The Morgan fingerprint density at radius 1 is 1.29 bits per heavy atom. The SMILES string of the molecule is C[C@@H]1C[C@@]2(CN3CC(=O)C3)C[C@H]2N1C(C)(C)C. The minimum Gasteiger partial charge on any atom is -0.297 e. The van der Waals surface area contributed by atoms with Gasteiger partial charge in [-0.3, -0.25) is 14.6 Å². The first-order chi connectivity index (χ1) is 7.82. The number of fused-ring (bicyclic) bond motifs is 1. The summed E-state index contributed by atoms with van der Waals surface area (Å²) in [6.45, 7) is 11.9. The van der Waals surface area contributed by atoms with Crippen LogP contribution in [0.1, 0.15) is 40.5 Å². The van der Waals surface area contributed by atoms with Crippen molar-refractivity contribution in [2.45, 2.75) is 58.2 Å². The largest absolute Gasteiger partial charge is 0.297 e. The van der Waals surface area contributed by atoms with Crippen molar-refractivity contribution >= 4 is 5.78 Å². The van der Waals surface area contributed by atoms with Crippen molar-refractivity contribution in [3.63, 3.8) is 0 Å². The Kier molecular flexibility index (Phi) is 2.28. The number of likely N-dealkylation sites (tertiary alicyclic amines) is 2. The smallest absolute Gasteiger partial charge is 0.160 e. The molecule has 96 valence electrons. The second kappa shape index (κ2) is 3.33. The minimum absolute atomic E-state index is 0.285. The van der Waals surface area contributed by atoms with Gasteiger partial charge in [-0.1, -0.05) is 0 Å². The fourth-order valence-corrected chi connectivity index (χ4v) is 4.31. The van der Waals surface area contributed by atoms with Crippen LogP contribution in [0, 0.1) is 5.41 Å². The summed E-state index contributed by atoms with van der Waals surface area (Å²) in [5, 5.41) is 0. The molecule has 3 rings (SSSR count). The van der Waals surface area contributed by atoms with Crippen LogP contribution in [0.5, 0.6) is 0 Å². The van der Waals surface area contributed by atoms with Crippen molar-refractivity contribution in [2.75, 3.05) is 19.6 Å². The Labute approximate surface area is 104 Å². The molecule has 3 fully saturated rings. The zero-order chi connectivity index (χ0) is 12.4. The highest BCUT2D eigenvalue weighted by Crippen LogP contribution is 2.61. The predicted octanol–water partition coefficient (Wildman–Crippen LogP) is 1.52. The first-order valence-corrected chi connectivity index (χ1v) is 6.84. The zero-order valence-corrected chi connectivity index (χ0v) is 11.5. The Morgan fingerprint density at radius 3 is 2.41 bits per heavy atom. The molecule has 2 heterocycles. The maximum Gasteiger partial charge on any atom is 0.160 e. The van der Waals surface area contributed by atoms with E-state index in [0.717, 1.165) is 12.6 Å². The standard InChI is InChI=1S/C14H24N2O/c1-10-5-14(9-15-7-11(17)8-15)6-12(14)16(10)13(2,3)4/h10,12H,5-9H2,1-4H3/t10-,12-,14+/m1/s1. The lowest BCUT2D eigenvalue weighted by Crippen LogP contribution is -2.50. The van der Waals surface area contributed by atoms with Gasteiger partial charge in [0, 0.05) is 29.6 Å². The van der Waals surface area contributed by atoms with Crippen LogP contribution < -0.4 is 0 Å². The van der Waals surface area contributed by atoms with E-state index in [1.807, 2.05) is 0 Å². The Bertz CT molecular complexity index is 352. The van der Waals surface area contributed by atoms with E-state index in [4.69, 9.17) is 0 Å². The Morgan fingerprint density at radius 2 is 1.94 bits per heavy atom. The molecule has 3 aliphatic rings. The summed E-state index contributed by atoms with van der Waals surface area (Å²) in [4.78, 5) is 16.1. The molecule has 0 unspecified atom stereocenters. The van der Waals surface area contributed by atoms with Gasteiger partial charge in [0.15, 0.2) is 5.78 Å². The highest BCUT2D eigenvalue weighted by molar-refractivity contribution is 5.87. The van der Waals surface area contributed by atoms with Crippen LogP contribution >= 0.6 is 0 Å². The van der Waals surface area contributed by atoms with E-state index in [-0.39, 0.29) is 5.54 Å². The lowest BCUT2D eigenvalue weighted by molar-refractivity contribution is -0.129. The van der Waals surface area contributed by atoms with E-state index in [0.29, 0.717) is 30.3 Å². The van der Waals surface area contributed by atoms with Gasteiger partial charge in [0.2, 0.25) is 0 Å². The maximum absolute atomic E-state index is 11.0. The van der Waals surface area contributed by atoms with Gasteiger partial charge < -0.3 is 0 Å². The van der Waals surface area contributed by atoms with Gasteiger partial charge in [0.05, 0.1) is 13.1 Å². The fourth-order valence-electron chi connectivity index (χ4n) is 4.31. The van der Waals surface area contributed by atoms with Crippen molar-refractivity contribution in [1.82, 2.24) is 9.80 Å². The monoisotopic (exact) mass is 236 g/mol. The summed E-state index contributed by atoms with van der Waals surface area (Å²) in [5.41, 5.74) is 0.806. The van der Waals surface area contributed by atoms with Crippen LogP contribution in [-0.4, -0.2) is 52.8 Å². The molecule has 1 saturated carbocycles. The van der Waals surface area contributed by atoms with Crippen LogP contribution in [-0.2, 0) is 4.79 Å². The lowest BCUT2D eigenvalue weighted by Gasteiger charge is -2.37. The number of nitrogens with zero attached hydrogens (tertiary/aromatic N) is 2. The predicted molar refractivity (Wildman–Crippen MR) is 68.0 cm³/mol. The number of hydrogen-bond acceptors (Lipinski definition) is 3. The Balaban J connectivity index is 1.67. The number of piperidine rings is 1. The average molecular weight is 236 g/mol. The van der Waals surface area contributed by atoms with Crippen molar-refractivity contribution in [3.05, 3.63) is 0 Å². The first kappa shape index (κ1) is 11.7. The topological polar surface area (TPSA) is 23.6 Å². The molecular weight excluding hydrogens is 212 g/mol. The van der Waals surface area contributed by atoms with E-state index in [1.54, 1.807) is 0 Å². The molecule has 3 nitrogen and oxygen atoms in total. The quantitative estimate of drug-likeness (QED) is 0.726. The van der Waals surface area contributed by atoms with Gasteiger partial charge in [-0.05, 0) is 40.5 Å². The first-order valence-electron chi connectivity index (χ1n) is 6.84. The number of carbonyl (C=O) groups excluding carboxylic acids is 1. The van der Waals surface area contributed by atoms with Gasteiger partial charge in [0.25, 0.3) is 0 Å². The van der Waals surface area contributed by atoms with Gasteiger partial charge in [0.1, 0.15) is 0 Å². The average Bonchev–Trinajstić information content (AvgIpc) is 2.66. The summed E-state index contributed by atoms with van der Waals surface area (Å²) in [7, 11) is 0. The molecule has 0 aromatic heterocycles. The molecule has 0 aromatic carbocycles. The van der Waals surface area contributed by atoms with Crippen molar-refractivity contribution in [2.24, 2.45) is 5.41 Å². The van der Waals surface area contributed by atoms with Crippen molar-refractivity contribution < 1.29 is 4.79 Å². The van der Waals surface area contributed by atoms with Crippen LogP contribution in [0.3, 0.4) is 0 Å². The molecule has 17 heavy (non-hydrogen) atoms. The van der Waals surface area contributed by atoms with Gasteiger partial charge in [-0.15, -0.1) is 0 Å². The van der Waals surface area contributed by atoms with Crippen LogP contribution in [0.4, 0.5) is 0 Å². The van der Waals surface area contributed by atoms with Crippen molar-refractivity contribution in [1.29, 1.82) is 0 Å². The molecule has 0 spiro atoms. The molecule has 3 atom stereocenters.